The number of rotatable bonds is 7. The lowest BCUT2D eigenvalue weighted by atomic mass is 10.0. The number of likely N-dealkylation sites (tertiary alicyclic amines) is 1. The number of primary amides is 1. The highest BCUT2D eigenvalue weighted by atomic mass is 35.5. The van der Waals surface area contributed by atoms with Crippen LogP contribution in [0.2, 0.25) is 10.0 Å². The number of hydrogen-bond acceptors (Lipinski definition) is 8. The van der Waals surface area contributed by atoms with Gasteiger partial charge in [-0.15, -0.1) is 0 Å². The fourth-order valence-corrected chi connectivity index (χ4v) is 7.30. The molecule has 2 saturated heterocycles. The largest absolute Gasteiger partial charge is 0.364 e. The van der Waals surface area contributed by atoms with Gasteiger partial charge in [-0.3, -0.25) is 39.0 Å². The molecule has 0 spiro atoms. The Morgan fingerprint density at radius 2 is 1.82 bits per heavy atom. The average Bonchev–Trinajstić information content (AvgIpc) is 3.54. The molecule has 3 aromatic rings. The van der Waals surface area contributed by atoms with Gasteiger partial charge in [0.05, 0.1) is 38.8 Å². The fraction of sp³-hybridized carbons (Fsp3) is 0.367. The van der Waals surface area contributed by atoms with Gasteiger partial charge in [0.25, 0.3) is 11.8 Å². The van der Waals surface area contributed by atoms with Gasteiger partial charge < -0.3 is 11.1 Å². The van der Waals surface area contributed by atoms with Crippen molar-refractivity contribution in [2.75, 3.05) is 18.4 Å². The zero-order valence-corrected chi connectivity index (χ0v) is 26.0. The molecule has 0 radical (unpaired) electrons. The first-order chi connectivity index (χ1) is 21.1. The summed E-state index contributed by atoms with van der Waals surface area (Å²) in [6, 6.07) is 10.8. The summed E-state index contributed by atoms with van der Waals surface area (Å²) in [6.07, 6.45) is 4.04. The Morgan fingerprint density at radius 3 is 2.50 bits per heavy atom. The number of thiol groups is 1. The second-order valence-electron chi connectivity index (χ2n) is 11.3. The zero-order chi connectivity index (χ0) is 31.1. The number of piperidine rings is 2. The second kappa shape index (κ2) is 12.5. The third-order valence-electron chi connectivity index (χ3n) is 8.50. The molecular formula is C30H31Cl2N7O4S. The van der Waals surface area contributed by atoms with Crippen LogP contribution in [-0.2, 0) is 22.7 Å². The van der Waals surface area contributed by atoms with E-state index in [4.69, 9.17) is 41.6 Å². The maximum absolute atomic E-state index is 12.9. The fourth-order valence-electron chi connectivity index (χ4n) is 6.24. The van der Waals surface area contributed by atoms with Gasteiger partial charge in [-0.25, -0.2) is 0 Å². The van der Waals surface area contributed by atoms with E-state index in [1.54, 1.807) is 29.1 Å². The number of halogens is 2. The molecule has 0 saturated carbocycles. The van der Waals surface area contributed by atoms with Crippen molar-refractivity contribution < 1.29 is 19.2 Å². The number of carbonyl (C=O) groups excluding carboxylic acids is 4. The number of imide groups is 1. The molecule has 0 aliphatic carbocycles. The van der Waals surface area contributed by atoms with Crippen LogP contribution in [0.25, 0.3) is 0 Å². The summed E-state index contributed by atoms with van der Waals surface area (Å²) in [5.41, 5.74) is 9.26. The molecule has 44 heavy (non-hydrogen) atoms. The monoisotopic (exact) mass is 655 g/mol. The third kappa shape index (κ3) is 6.09. The minimum Gasteiger partial charge on any atom is -0.364 e. The first-order valence-electron chi connectivity index (χ1n) is 14.3. The van der Waals surface area contributed by atoms with E-state index in [1.165, 1.54) is 5.56 Å². The molecule has 230 valence electrons. The van der Waals surface area contributed by atoms with Gasteiger partial charge in [0, 0.05) is 38.8 Å². The van der Waals surface area contributed by atoms with Gasteiger partial charge >= 0.3 is 0 Å². The van der Waals surface area contributed by atoms with Gasteiger partial charge in [0.15, 0.2) is 5.69 Å². The van der Waals surface area contributed by atoms with Crippen LogP contribution < -0.4 is 16.4 Å². The minimum atomic E-state index is -0.752. The predicted octanol–water partition coefficient (Wildman–Crippen LogP) is 3.93. The van der Waals surface area contributed by atoms with Crippen molar-refractivity contribution in [2.45, 2.75) is 56.2 Å². The molecule has 2 atom stereocenters. The Bertz CT molecular complexity index is 1640. The number of amides is 4. The summed E-state index contributed by atoms with van der Waals surface area (Å²) in [6.45, 7) is 2.99. The predicted molar refractivity (Wildman–Crippen MR) is 169 cm³/mol. The number of nitrogens with one attached hydrogen (secondary N) is 2. The van der Waals surface area contributed by atoms with E-state index in [1.807, 2.05) is 0 Å². The van der Waals surface area contributed by atoms with E-state index >= 15 is 0 Å². The van der Waals surface area contributed by atoms with Crippen molar-refractivity contribution in [3.63, 3.8) is 0 Å². The van der Waals surface area contributed by atoms with E-state index in [2.05, 4.69) is 43.7 Å². The highest BCUT2D eigenvalue weighted by molar-refractivity contribution is 7.80. The third-order valence-corrected chi connectivity index (χ3v) is 9.71. The van der Waals surface area contributed by atoms with Crippen LogP contribution in [0.1, 0.15) is 74.6 Å². The minimum absolute atomic E-state index is 0.0194. The lowest BCUT2D eigenvalue weighted by molar-refractivity contribution is -0.137. The molecule has 4 heterocycles. The van der Waals surface area contributed by atoms with Crippen LogP contribution in [-0.4, -0.2) is 62.3 Å². The second-order valence-corrected chi connectivity index (χ2v) is 12.6. The van der Waals surface area contributed by atoms with Crippen molar-refractivity contribution in [2.24, 2.45) is 5.73 Å². The number of nitrogens with zero attached hydrogens (tertiary/aromatic N) is 4. The Hall–Kier alpha value is -3.42. The normalized spacial score (nSPS) is 21.2. The molecule has 4 N–H and O–H groups in total. The number of nitrogens with two attached hydrogens (primary N) is 1. The maximum atomic E-state index is 12.9. The van der Waals surface area contributed by atoms with Gasteiger partial charge in [0.1, 0.15) is 0 Å². The molecule has 1 aromatic heterocycles. The standard InChI is InChI=1S/C30H31Cl2N7O4S/c31-20-2-1-3-21(32)25(20)29(43)34-22-15-39(36-26(22)27(33)41)18-8-10-37(11-9-18)13-16-4-5-19-17(12-16)14-38(30(19)44)23-6-7-24(40)35-28(23)42/h1-5,12,15,18,23,30,44H,6-11,13-14H2,(H2,33,41)(H,34,43)(H,35,40,42). The average molecular weight is 657 g/mol. The van der Waals surface area contributed by atoms with Crippen molar-refractivity contribution in [3.05, 3.63) is 80.6 Å². The molecule has 3 aliphatic heterocycles. The summed E-state index contributed by atoms with van der Waals surface area (Å²) < 4.78 is 1.70. The maximum Gasteiger partial charge on any atom is 0.271 e. The Balaban J connectivity index is 1.08. The first-order valence-corrected chi connectivity index (χ1v) is 15.6. The van der Waals surface area contributed by atoms with Crippen LogP contribution in [0.4, 0.5) is 5.69 Å². The number of benzene rings is 2. The Labute approximate surface area is 269 Å². The molecule has 2 aromatic carbocycles. The van der Waals surface area contributed by atoms with Crippen molar-refractivity contribution >= 4 is 65.1 Å². The van der Waals surface area contributed by atoms with Crippen molar-refractivity contribution in [3.8, 4) is 0 Å². The molecule has 3 aliphatic rings. The highest BCUT2D eigenvalue weighted by Crippen LogP contribution is 2.40. The summed E-state index contributed by atoms with van der Waals surface area (Å²) in [5, 5.41) is 9.74. The van der Waals surface area contributed by atoms with E-state index in [9.17, 15) is 19.2 Å². The number of aromatic nitrogens is 2. The van der Waals surface area contributed by atoms with Crippen molar-refractivity contribution in [1.29, 1.82) is 0 Å². The number of fused-ring (bicyclic) bond motifs is 1. The topological polar surface area (TPSA) is 143 Å². The molecule has 4 amide bonds. The van der Waals surface area contributed by atoms with Crippen molar-refractivity contribution in [1.82, 2.24) is 24.9 Å². The van der Waals surface area contributed by atoms with Gasteiger partial charge in [-0.05, 0) is 48.1 Å². The van der Waals surface area contributed by atoms with E-state index in [0.717, 1.165) is 43.6 Å². The van der Waals surface area contributed by atoms with Crippen LogP contribution in [0.3, 0.4) is 0 Å². The first kappa shape index (κ1) is 30.6. The number of anilines is 1. The van der Waals surface area contributed by atoms with Gasteiger partial charge in [0.2, 0.25) is 11.8 Å². The van der Waals surface area contributed by atoms with Crippen LogP contribution in [0.15, 0.2) is 42.6 Å². The Morgan fingerprint density at radius 1 is 1.09 bits per heavy atom. The van der Waals surface area contributed by atoms with E-state index < -0.39 is 11.8 Å². The van der Waals surface area contributed by atoms with E-state index in [-0.39, 0.29) is 56.3 Å². The number of hydrogen-bond donors (Lipinski definition) is 4. The Kier molecular flexibility index (Phi) is 8.71. The summed E-state index contributed by atoms with van der Waals surface area (Å²) in [4.78, 5) is 53.6. The molecule has 2 unspecified atom stereocenters. The SMILES string of the molecule is NC(=O)c1nn(C2CCN(Cc3ccc4c(c3)CN(C3CCC(=O)NC3=O)C4S)CC2)cc1NC(=O)c1c(Cl)cccc1Cl. The van der Waals surface area contributed by atoms with Gasteiger partial charge in [-0.2, -0.15) is 17.7 Å². The van der Waals surface area contributed by atoms with Crippen LogP contribution in [0, 0.1) is 0 Å². The quantitative estimate of drug-likeness (QED) is 0.223. The molecule has 0 bridgehead atoms. The molecular weight excluding hydrogens is 625 g/mol. The summed E-state index contributed by atoms with van der Waals surface area (Å²) in [7, 11) is 0. The summed E-state index contributed by atoms with van der Waals surface area (Å²) >= 11 is 17.2. The van der Waals surface area contributed by atoms with Crippen LogP contribution in [0.5, 0.6) is 0 Å². The van der Waals surface area contributed by atoms with Crippen LogP contribution >= 0.6 is 35.8 Å². The number of carbonyl (C=O) groups is 4. The molecule has 11 nitrogen and oxygen atoms in total. The van der Waals surface area contributed by atoms with Gasteiger partial charge in [-0.1, -0.05) is 47.5 Å². The summed E-state index contributed by atoms with van der Waals surface area (Å²) in [5.74, 6) is -1.79. The molecule has 2 fully saturated rings. The molecule has 14 heteroatoms. The lowest BCUT2D eigenvalue weighted by Crippen LogP contribution is -2.51. The molecule has 6 rings (SSSR count). The lowest BCUT2D eigenvalue weighted by Gasteiger charge is -2.32. The van der Waals surface area contributed by atoms with E-state index in [0.29, 0.717) is 19.4 Å². The zero-order valence-electron chi connectivity index (χ0n) is 23.6. The smallest absolute Gasteiger partial charge is 0.271 e. The highest BCUT2D eigenvalue weighted by Gasteiger charge is 2.39.